The highest BCUT2D eigenvalue weighted by atomic mass is 35.5. The molecule has 0 radical (unpaired) electrons. The van der Waals surface area contributed by atoms with Crippen LogP contribution < -0.4 is 15.4 Å². The Hall–Kier alpha value is -2.41. The van der Waals surface area contributed by atoms with E-state index in [1.54, 1.807) is 24.3 Å². The highest BCUT2D eigenvalue weighted by molar-refractivity contribution is 6.30. The molecular weight excluding hydrogens is 333 g/mol. The summed E-state index contributed by atoms with van der Waals surface area (Å²) in [5, 5.41) is 5.54. The number of halogens is 4. The predicted octanol–water partition coefficient (Wildman–Crippen LogP) is 4.40. The second-order valence-electron chi connectivity index (χ2n) is 4.46. The quantitative estimate of drug-likeness (QED) is 0.844. The summed E-state index contributed by atoms with van der Waals surface area (Å²) in [7, 11) is 0. The topological polar surface area (TPSA) is 50.4 Å². The summed E-state index contributed by atoms with van der Waals surface area (Å²) in [6.45, 7) is -2.87. The first-order valence-corrected chi connectivity index (χ1v) is 6.85. The molecule has 0 heterocycles. The lowest BCUT2D eigenvalue weighted by Gasteiger charge is -2.10. The van der Waals surface area contributed by atoms with Crippen molar-refractivity contribution in [1.82, 2.24) is 5.32 Å². The van der Waals surface area contributed by atoms with Crippen LogP contribution in [0.1, 0.15) is 5.56 Å². The van der Waals surface area contributed by atoms with Gasteiger partial charge >= 0.3 is 12.6 Å². The number of rotatable bonds is 5. The van der Waals surface area contributed by atoms with E-state index in [1.807, 2.05) is 0 Å². The van der Waals surface area contributed by atoms with Crippen molar-refractivity contribution in [2.45, 2.75) is 13.2 Å². The van der Waals surface area contributed by atoms with Gasteiger partial charge in [-0.25, -0.2) is 9.18 Å². The molecular formula is C15H12ClF3N2O2. The second kappa shape index (κ2) is 7.73. The molecule has 0 spiro atoms. The SMILES string of the molecule is O=C(NCc1ccc(Cl)cc1)Nc1ccc(OC(F)F)c(F)c1. The first kappa shape index (κ1) is 17.0. The van der Waals surface area contributed by atoms with Gasteiger partial charge in [0.15, 0.2) is 11.6 Å². The zero-order chi connectivity index (χ0) is 16.8. The van der Waals surface area contributed by atoms with E-state index < -0.39 is 24.2 Å². The van der Waals surface area contributed by atoms with Crippen molar-refractivity contribution in [2.24, 2.45) is 0 Å². The largest absolute Gasteiger partial charge is 0.432 e. The number of carbonyl (C=O) groups is 1. The summed E-state index contributed by atoms with van der Waals surface area (Å²) >= 11 is 5.75. The molecule has 0 fully saturated rings. The molecule has 0 saturated heterocycles. The van der Waals surface area contributed by atoms with Gasteiger partial charge in [0.2, 0.25) is 0 Å². The number of alkyl halides is 2. The summed E-state index contributed by atoms with van der Waals surface area (Å²) in [6.07, 6.45) is 0. The van der Waals surface area contributed by atoms with Gasteiger partial charge in [0.1, 0.15) is 0 Å². The molecule has 2 aromatic rings. The number of urea groups is 1. The number of hydrogen-bond donors (Lipinski definition) is 2. The van der Waals surface area contributed by atoms with Gasteiger partial charge in [-0.15, -0.1) is 0 Å². The Morgan fingerprint density at radius 2 is 1.87 bits per heavy atom. The minimum absolute atomic E-state index is 0.109. The van der Waals surface area contributed by atoms with Crippen LogP contribution in [0, 0.1) is 5.82 Å². The van der Waals surface area contributed by atoms with E-state index in [2.05, 4.69) is 15.4 Å². The molecule has 4 nitrogen and oxygen atoms in total. The Bertz CT molecular complexity index is 681. The van der Waals surface area contributed by atoms with Gasteiger partial charge in [-0.05, 0) is 29.8 Å². The lowest BCUT2D eigenvalue weighted by atomic mass is 10.2. The van der Waals surface area contributed by atoms with Crippen LogP contribution in [0.3, 0.4) is 0 Å². The number of carbonyl (C=O) groups excluding carboxylic acids is 1. The second-order valence-corrected chi connectivity index (χ2v) is 4.89. The van der Waals surface area contributed by atoms with Crippen molar-refractivity contribution >= 4 is 23.3 Å². The Morgan fingerprint density at radius 3 is 2.48 bits per heavy atom. The Balaban J connectivity index is 1.89. The van der Waals surface area contributed by atoms with Gasteiger partial charge in [0.05, 0.1) is 0 Å². The van der Waals surface area contributed by atoms with Gasteiger partial charge in [-0.3, -0.25) is 0 Å². The minimum atomic E-state index is -3.12. The minimum Gasteiger partial charge on any atom is -0.432 e. The third-order valence-corrected chi connectivity index (χ3v) is 3.02. The van der Waals surface area contributed by atoms with Crippen LogP contribution in [0.15, 0.2) is 42.5 Å². The van der Waals surface area contributed by atoms with E-state index >= 15 is 0 Å². The molecule has 0 bridgehead atoms. The van der Waals surface area contributed by atoms with Gasteiger partial charge in [-0.2, -0.15) is 8.78 Å². The Kier molecular flexibility index (Phi) is 5.70. The highest BCUT2D eigenvalue weighted by Gasteiger charge is 2.11. The molecule has 0 aliphatic carbocycles. The zero-order valence-electron chi connectivity index (χ0n) is 11.7. The van der Waals surface area contributed by atoms with E-state index in [0.717, 1.165) is 17.7 Å². The summed E-state index contributed by atoms with van der Waals surface area (Å²) in [5.74, 6) is -1.59. The average molecular weight is 345 g/mol. The number of anilines is 1. The molecule has 122 valence electrons. The fourth-order valence-corrected chi connectivity index (χ4v) is 1.86. The first-order valence-electron chi connectivity index (χ1n) is 6.47. The van der Waals surface area contributed by atoms with Crippen LogP contribution in [0.5, 0.6) is 5.75 Å². The molecule has 0 saturated carbocycles. The number of hydrogen-bond acceptors (Lipinski definition) is 2. The molecule has 2 rings (SSSR count). The molecule has 2 amide bonds. The van der Waals surface area contributed by atoms with Gasteiger partial charge in [0.25, 0.3) is 0 Å². The van der Waals surface area contributed by atoms with Gasteiger partial charge < -0.3 is 15.4 Å². The van der Waals surface area contributed by atoms with Crippen molar-refractivity contribution in [1.29, 1.82) is 0 Å². The summed E-state index contributed by atoms with van der Waals surface area (Å²) < 4.78 is 41.5. The molecule has 0 aliphatic heterocycles. The number of ether oxygens (including phenoxy) is 1. The molecule has 0 aromatic heterocycles. The third kappa shape index (κ3) is 5.37. The summed E-state index contributed by atoms with van der Waals surface area (Å²) in [4.78, 5) is 11.7. The lowest BCUT2D eigenvalue weighted by Crippen LogP contribution is -2.28. The molecule has 8 heteroatoms. The van der Waals surface area contributed by atoms with Crippen molar-refractivity contribution in [3.05, 3.63) is 58.9 Å². The maximum absolute atomic E-state index is 13.5. The van der Waals surface area contributed by atoms with Crippen LogP contribution in [0.4, 0.5) is 23.7 Å². The Labute approximate surface area is 135 Å². The normalized spacial score (nSPS) is 10.5. The van der Waals surface area contributed by atoms with E-state index in [-0.39, 0.29) is 12.2 Å². The number of benzene rings is 2. The molecule has 0 aliphatic rings. The monoisotopic (exact) mass is 344 g/mol. The number of nitrogens with one attached hydrogen (secondary N) is 2. The molecule has 23 heavy (non-hydrogen) atoms. The van der Waals surface area contributed by atoms with Crippen molar-refractivity contribution in [3.8, 4) is 5.75 Å². The fraction of sp³-hybridized carbons (Fsp3) is 0.133. The first-order chi connectivity index (χ1) is 10.9. The smallest absolute Gasteiger partial charge is 0.387 e. The zero-order valence-corrected chi connectivity index (χ0v) is 12.4. The van der Waals surface area contributed by atoms with Crippen molar-refractivity contribution < 1.29 is 22.7 Å². The van der Waals surface area contributed by atoms with E-state index in [0.29, 0.717) is 5.02 Å². The predicted molar refractivity (Wildman–Crippen MR) is 80.3 cm³/mol. The molecule has 2 N–H and O–H groups in total. The number of amides is 2. The van der Waals surface area contributed by atoms with Gasteiger partial charge in [-0.1, -0.05) is 23.7 Å². The van der Waals surface area contributed by atoms with Crippen LogP contribution in [-0.2, 0) is 6.54 Å². The van der Waals surface area contributed by atoms with E-state index in [4.69, 9.17) is 11.6 Å². The van der Waals surface area contributed by atoms with E-state index in [9.17, 15) is 18.0 Å². The van der Waals surface area contributed by atoms with Crippen molar-refractivity contribution in [3.63, 3.8) is 0 Å². The standard InChI is InChI=1S/C15H12ClF3N2O2/c16-10-3-1-9(2-4-10)8-20-15(22)21-11-5-6-13(12(17)7-11)23-14(18)19/h1-7,14H,8H2,(H2,20,21,22). The van der Waals surface area contributed by atoms with E-state index in [1.165, 1.54) is 6.07 Å². The fourth-order valence-electron chi connectivity index (χ4n) is 1.73. The maximum Gasteiger partial charge on any atom is 0.387 e. The van der Waals surface area contributed by atoms with Crippen LogP contribution in [0.2, 0.25) is 5.02 Å². The van der Waals surface area contributed by atoms with Crippen LogP contribution >= 0.6 is 11.6 Å². The third-order valence-electron chi connectivity index (χ3n) is 2.77. The summed E-state index contributed by atoms with van der Waals surface area (Å²) in [6, 6.07) is 9.46. The van der Waals surface area contributed by atoms with Crippen molar-refractivity contribution in [2.75, 3.05) is 5.32 Å². The maximum atomic E-state index is 13.5. The highest BCUT2D eigenvalue weighted by Crippen LogP contribution is 2.22. The summed E-state index contributed by atoms with van der Waals surface area (Å²) in [5.41, 5.74) is 0.939. The van der Waals surface area contributed by atoms with Crippen LogP contribution in [0.25, 0.3) is 0 Å². The molecule has 0 atom stereocenters. The van der Waals surface area contributed by atoms with Gasteiger partial charge in [0, 0.05) is 23.3 Å². The van der Waals surface area contributed by atoms with Crippen LogP contribution in [-0.4, -0.2) is 12.6 Å². The molecule has 2 aromatic carbocycles. The lowest BCUT2D eigenvalue weighted by molar-refractivity contribution is -0.0521. The Morgan fingerprint density at radius 1 is 1.17 bits per heavy atom. The average Bonchev–Trinajstić information content (AvgIpc) is 2.49. The molecule has 0 unspecified atom stereocenters.